The molecule has 2 N–H and O–H groups in total. The number of carbonyl (C=O) groups is 1. The lowest BCUT2D eigenvalue weighted by molar-refractivity contribution is 0.0944. The number of nitrogens with one attached hydrogen (secondary N) is 2. The van der Waals surface area contributed by atoms with Gasteiger partial charge < -0.3 is 15.1 Å². The van der Waals surface area contributed by atoms with E-state index in [1.807, 2.05) is 16.9 Å². The zero-order chi connectivity index (χ0) is 13.8. The molecule has 106 valence electrons. The topological polar surface area (TPSA) is 72.1 Å². The van der Waals surface area contributed by atoms with Crippen LogP contribution in [-0.4, -0.2) is 28.8 Å². The summed E-state index contributed by atoms with van der Waals surface area (Å²) in [6.45, 7) is 2.43. The standard InChI is InChI=1S/C14H18N4O2/c19-14(16-8-11-4-7-20-10-11)13-3-6-18(17-13)12-2-1-5-15-9-12/h3-4,6-7,10,12,15H,1-2,5,8-9H2,(H,16,19). The van der Waals surface area contributed by atoms with E-state index in [1.54, 1.807) is 18.6 Å². The first-order valence-corrected chi connectivity index (χ1v) is 6.88. The molecular formula is C14H18N4O2. The van der Waals surface area contributed by atoms with Gasteiger partial charge in [0.05, 0.1) is 18.6 Å². The van der Waals surface area contributed by atoms with Crippen LogP contribution in [0, 0.1) is 0 Å². The summed E-state index contributed by atoms with van der Waals surface area (Å²) < 4.78 is 6.85. The fourth-order valence-corrected chi connectivity index (χ4v) is 2.39. The van der Waals surface area contributed by atoms with Crippen LogP contribution in [-0.2, 0) is 6.54 Å². The molecule has 1 unspecified atom stereocenters. The van der Waals surface area contributed by atoms with Crippen molar-refractivity contribution in [2.24, 2.45) is 0 Å². The SMILES string of the molecule is O=C(NCc1ccoc1)c1ccn(C2CCCNC2)n1. The van der Waals surface area contributed by atoms with E-state index in [0.717, 1.165) is 31.5 Å². The minimum absolute atomic E-state index is 0.159. The summed E-state index contributed by atoms with van der Waals surface area (Å²) >= 11 is 0. The van der Waals surface area contributed by atoms with Gasteiger partial charge in [0.25, 0.3) is 5.91 Å². The van der Waals surface area contributed by atoms with Crippen LogP contribution in [0.2, 0.25) is 0 Å². The average Bonchev–Trinajstić information content (AvgIpc) is 3.17. The Balaban J connectivity index is 1.59. The van der Waals surface area contributed by atoms with Crippen molar-refractivity contribution >= 4 is 5.91 Å². The van der Waals surface area contributed by atoms with Crippen LogP contribution in [0.15, 0.2) is 35.3 Å². The molecule has 0 bridgehead atoms. The molecule has 0 radical (unpaired) electrons. The van der Waals surface area contributed by atoms with Crippen LogP contribution in [0.1, 0.15) is 34.9 Å². The predicted molar refractivity (Wildman–Crippen MR) is 73.2 cm³/mol. The van der Waals surface area contributed by atoms with E-state index in [2.05, 4.69) is 15.7 Å². The molecule has 0 saturated carbocycles. The maximum Gasteiger partial charge on any atom is 0.272 e. The predicted octanol–water partition coefficient (Wildman–Crippen LogP) is 1.33. The van der Waals surface area contributed by atoms with Gasteiger partial charge in [0.2, 0.25) is 0 Å². The van der Waals surface area contributed by atoms with Gasteiger partial charge in [-0.05, 0) is 31.5 Å². The first kappa shape index (κ1) is 12.9. The second-order valence-corrected chi connectivity index (χ2v) is 5.00. The van der Waals surface area contributed by atoms with Crippen molar-refractivity contribution in [3.05, 3.63) is 42.1 Å². The monoisotopic (exact) mass is 274 g/mol. The van der Waals surface area contributed by atoms with E-state index in [9.17, 15) is 4.79 Å². The zero-order valence-electron chi connectivity index (χ0n) is 11.2. The van der Waals surface area contributed by atoms with Gasteiger partial charge in [-0.25, -0.2) is 0 Å². The molecule has 0 aliphatic carbocycles. The Hall–Kier alpha value is -2.08. The Morgan fingerprint density at radius 2 is 2.50 bits per heavy atom. The van der Waals surface area contributed by atoms with Gasteiger partial charge in [-0.15, -0.1) is 0 Å². The van der Waals surface area contributed by atoms with Crippen LogP contribution in [0.5, 0.6) is 0 Å². The van der Waals surface area contributed by atoms with Crippen molar-refractivity contribution in [1.82, 2.24) is 20.4 Å². The Morgan fingerprint density at radius 3 is 3.25 bits per heavy atom. The highest BCUT2D eigenvalue weighted by molar-refractivity contribution is 5.92. The molecule has 6 heteroatoms. The van der Waals surface area contributed by atoms with E-state index in [-0.39, 0.29) is 5.91 Å². The highest BCUT2D eigenvalue weighted by Crippen LogP contribution is 2.15. The van der Waals surface area contributed by atoms with Gasteiger partial charge in [-0.3, -0.25) is 9.48 Å². The number of aromatic nitrogens is 2. The van der Waals surface area contributed by atoms with E-state index >= 15 is 0 Å². The smallest absolute Gasteiger partial charge is 0.272 e. The van der Waals surface area contributed by atoms with Crippen LogP contribution < -0.4 is 10.6 Å². The number of hydrogen-bond donors (Lipinski definition) is 2. The first-order chi connectivity index (χ1) is 9.83. The van der Waals surface area contributed by atoms with Gasteiger partial charge in [-0.1, -0.05) is 0 Å². The molecule has 3 heterocycles. The fraction of sp³-hybridized carbons (Fsp3) is 0.429. The van der Waals surface area contributed by atoms with Crippen molar-refractivity contribution in [3.8, 4) is 0 Å². The zero-order valence-corrected chi connectivity index (χ0v) is 11.2. The number of rotatable bonds is 4. The van der Waals surface area contributed by atoms with Crippen LogP contribution >= 0.6 is 0 Å². The van der Waals surface area contributed by atoms with E-state index in [1.165, 1.54) is 0 Å². The highest BCUT2D eigenvalue weighted by atomic mass is 16.3. The van der Waals surface area contributed by atoms with Crippen LogP contribution in [0.4, 0.5) is 0 Å². The third-order valence-corrected chi connectivity index (χ3v) is 3.52. The summed E-state index contributed by atoms with van der Waals surface area (Å²) in [7, 11) is 0. The number of amides is 1. The van der Waals surface area contributed by atoms with Crippen molar-refractivity contribution in [1.29, 1.82) is 0 Å². The highest BCUT2D eigenvalue weighted by Gasteiger charge is 2.17. The number of furan rings is 1. The van der Waals surface area contributed by atoms with Gasteiger partial charge in [0.15, 0.2) is 0 Å². The Bertz CT molecular complexity index is 556. The molecule has 1 amide bonds. The molecule has 0 spiro atoms. The summed E-state index contributed by atoms with van der Waals surface area (Å²) in [4.78, 5) is 12.0. The van der Waals surface area contributed by atoms with Crippen LogP contribution in [0.25, 0.3) is 0 Å². The molecule has 1 aliphatic rings. The molecule has 1 saturated heterocycles. The minimum atomic E-state index is -0.159. The molecule has 1 atom stereocenters. The first-order valence-electron chi connectivity index (χ1n) is 6.88. The van der Waals surface area contributed by atoms with E-state index in [0.29, 0.717) is 18.3 Å². The molecule has 2 aromatic rings. The maximum atomic E-state index is 12.0. The van der Waals surface area contributed by atoms with Crippen molar-refractivity contribution in [2.45, 2.75) is 25.4 Å². The lowest BCUT2D eigenvalue weighted by Crippen LogP contribution is -2.32. The fourth-order valence-electron chi connectivity index (χ4n) is 2.39. The number of piperidine rings is 1. The normalized spacial score (nSPS) is 18.9. The summed E-state index contributed by atoms with van der Waals surface area (Å²) in [6, 6.07) is 3.94. The third-order valence-electron chi connectivity index (χ3n) is 3.52. The molecule has 0 aromatic carbocycles. The number of nitrogens with zero attached hydrogens (tertiary/aromatic N) is 2. The number of hydrogen-bond acceptors (Lipinski definition) is 4. The summed E-state index contributed by atoms with van der Waals surface area (Å²) in [6.07, 6.45) is 7.33. The molecule has 1 aliphatic heterocycles. The van der Waals surface area contributed by atoms with Crippen molar-refractivity contribution in [3.63, 3.8) is 0 Å². The maximum absolute atomic E-state index is 12.0. The van der Waals surface area contributed by atoms with Crippen molar-refractivity contribution < 1.29 is 9.21 Å². The van der Waals surface area contributed by atoms with Gasteiger partial charge in [-0.2, -0.15) is 5.10 Å². The average molecular weight is 274 g/mol. The molecule has 2 aromatic heterocycles. The van der Waals surface area contributed by atoms with E-state index in [4.69, 9.17) is 4.42 Å². The van der Waals surface area contributed by atoms with Gasteiger partial charge in [0.1, 0.15) is 5.69 Å². The van der Waals surface area contributed by atoms with E-state index < -0.39 is 0 Å². The largest absolute Gasteiger partial charge is 0.472 e. The van der Waals surface area contributed by atoms with Gasteiger partial charge >= 0.3 is 0 Å². The molecule has 3 rings (SSSR count). The summed E-state index contributed by atoms with van der Waals surface area (Å²) in [5, 5.41) is 10.5. The second-order valence-electron chi connectivity index (χ2n) is 5.00. The molecule has 1 fully saturated rings. The molecule has 20 heavy (non-hydrogen) atoms. The Labute approximate surface area is 117 Å². The molecular weight excluding hydrogens is 256 g/mol. The van der Waals surface area contributed by atoms with Crippen LogP contribution in [0.3, 0.4) is 0 Å². The Morgan fingerprint density at radius 1 is 1.55 bits per heavy atom. The summed E-state index contributed by atoms with van der Waals surface area (Å²) in [5.74, 6) is -0.159. The Kier molecular flexibility index (Phi) is 3.83. The third kappa shape index (κ3) is 2.91. The minimum Gasteiger partial charge on any atom is -0.472 e. The summed E-state index contributed by atoms with van der Waals surface area (Å²) in [5.41, 5.74) is 1.40. The lowest BCUT2D eigenvalue weighted by atomic mass is 10.1. The lowest BCUT2D eigenvalue weighted by Gasteiger charge is -2.22. The van der Waals surface area contributed by atoms with Crippen molar-refractivity contribution in [2.75, 3.05) is 13.1 Å². The second kappa shape index (κ2) is 5.92. The molecule has 6 nitrogen and oxygen atoms in total. The number of carbonyl (C=O) groups excluding carboxylic acids is 1. The van der Waals surface area contributed by atoms with Gasteiger partial charge in [0, 0.05) is 24.8 Å². The quantitative estimate of drug-likeness (QED) is 0.882.